The van der Waals surface area contributed by atoms with E-state index >= 15 is 0 Å². The van der Waals surface area contributed by atoms with E-state index in [4.69, 9.17) is 0 Å². The molecule has 0 saturated heterocycles. The van der Waals surface area contributed by atoms with Crippen LogP contribution in [-0.2, 0) is 15.7 Å². The Morgan fingerprint density at radius 3 is 2.56 bits per heavy atom. The molecule has 0 aliphatic carbocycles. The molecule has 0 fully saturated rings. The largest absolute Gasteiger partial charge is 0.416 e. The van der Waals surface area contributed by atoms with E-state index in [0.717, 1.165) is 23.4 Å². The van der Waals surface area contributed by atoms with Crippen molar-refractivity contribution in [3.05, 3.63) is 59.7 Å². The Labute approximate surface area is 145 Å². The van der Waals surface area contributed by atoms with Crippen LogP contribution in [0.1, 0.15) is 11.1 Å². The zero-order valence-corrected chi connectivity index (χ0v) is 13.5. The van der Waals surface area contributed by atoms with Crippen molar-refractivity contribution in [1.82, 2.24) is 0 Å². The van der Waals surface area contributed by atoms with Gasteiger partial charge in [0, 0.05) is 16.9 Å². The summed E-state index contributed by atoms with van der Waals surface area (Å²) in [7, 11) is 0. The van der Waals surface area contributed by atoms with Crippen LogP contribution in [0.2, 0.25) is 0 Å². The van der Waals surface area contributed by atoms with Gasteiger partial charge in [-0.3, -0.25) is 9.79 Å². The van der Waals surface area contributed by atoms with Gasteiger partial charge in [-0.05, 0) is 30.3 Å². The lowest BCUT2D eigenvalue weighted by Gasteiger charge is -2.19. The number of anilines is 2. The maximum absolute atomic E-state index is 12.6. The van der Waals surface area contributed by atoms with Crippen molar-refractivity contribution in [2.75, 3.05) is 17.2 Å². The number of amidine groups is 1. The van der Waals surface area contributed by atoms with Crippen molar-refractivity contribution in [2.24, 2.45) is 4.99 Å². The number of rotatable bonds is 1. The summed E-state index contributed by atoms with van der Waals surface area (Å²) in [6.07, 6.45) is -4.37. The molecule has 2 aromatic rings. The Balaban J connectivity index is 1.53. The first-order chi connectivity index (χ1) is 11.9. The van der Waals surface area contributed by atoms with Crippen LogP contribution in [0.4, 0.5) is 24.5 Å². The molecule has 2 N–H and O–H groups in total. The van der Waals surface area contributed by atoms with E-state index < -0.39 is 16.5 Å². The molecule has 0 aromatic heterocycles. The number of nitrogens with one attached hydrogen (secondary N) is 2. The lowest BCUT2D eigenvalue weighted by Crippen LogP contribution is -2.32. The van der Waals surface area contributed by atoms with E-state index in [1.165, 1.54) is 23.9 Å². The highest BCUT2D eigenvalue weighted by Gasteiger charge is 2.51. The number of benzene rings is 2. The summed E-state index contributed by atoms with van der Waals surface area (Å²) in [5.74, 6) is -0.133. The number of thioether (sulfide) groups is 1. The summed E-state index contributed by atoms with van der Waals surface area (Å²) < 4.78 is 37.0. The number of hydrogen-bond donors (Lipinski definition) is 2. The first-order valence-electron chi connectivity index (χ1n) is 7.47. The first-order valence-corrected chi connectivity index (χ1v) is 8.29. The molecule has 1 spiro atoms. The number of halogens is 3. The Hall–Kier alpha value is -2.48. The van der Waals surface area contributed by atoms with Gasteiger partial charge in [0.15, 0.2) is 5.17 Å². The number of alkyl halides is 3. The van der Waals surface area contributed by atoms with Gasteiger partial charge in [0.25, 0.3) is 0 Å². The van der Waals surface area contributed by atoms with Gasteiger partial charge < -0.3 is 10.6 Å². The van der Waals surface area contributed by atoms with Gasteiger partial charge in [0.2, 0.25) is 5.91 Å². The van der Waals surface area contributed by atoms with Crippen LogP contribution in [0.25, 0.3) is 0 Å². The summed E-state index contributed by atoms with van der Waals surface area (Å²) in [6.45, 7) is 0.281. The Kier molecular flexibility index (Phi) is 3.54. The second kappa shape index (κ2) is 5.52. The quantitative estimate of drug-likeness (QED) is 0.803. The minimum Gasteiger partial charge on any atom is -0.335 e. The van der Waals surface area contributed by atoms with Gasteiger partial charge in [-0.25, -0.2) is 0 Å². The van der Waals surface area contributed by atoms with Crippen molar-refractivity contribution in [2.45, 2.75) is 10.9 Å². The SMILES string of the molecule is O=C1Nc2ccccc2[C@@]12CN=C(Nc1ccc(C(F)(F)F)cc1)S2. The van der Waals surface area contributed by atoms with E-state index in [-0.39, 0.29) is 12.5 Å². The highest BCUT2D eigenvalue weighted by molar-refractivity contribution is 8.15. The molecule has 1 amide bonds. The molecule has 0 unspecified atom stereocenters. The summed E-state index contributed by atoms with van der Waals surface area (Å²) >= 11 is 1.28. The van der Waals surface area contributed by atoms with Crippen molar-refractivity contribution in [3.8, 4) is 0 Å². The highest BCUT2D eigenvalue weighted by atomic mass is 32.2. The Bertz CT molecular complexity index is 879. The number of fused-ring (bicyclic) bond motifs is 2. The molecule has 25 heavy (non-hydrogen) atoms. The molecule has 2 heterocycles. The lowest BCUT2D eigenvalue weighted by atomic mass is 10.00. The van der Waals surface area contributed by atoms with E-state index in [1.807, 2.05) is 24.3 Å². The molecule has 4 rings (SSSR count). The second-order valence-corrected chi connectivity index (χ2v) is 7.04. The normalized spacial score (nSPS) is 21.9. The third kappa shape index (κ3) is 2.66. The van der Waals surface area contributed by atoms with Gasteiger partial charge in [-0.15, -0.1) is 0 Å². The Morgan fingerprint density at radius 2 is 1.84 bits per heavy atom. The minimum absolute atomic E-state index is 0.133. The average Bonchev–Trinajstić information content (AvgIpc) is 3.11. The smallest absolute Gasteiger partial charge is 0.335 e. The maximum atomic E-state index is 12.6. The van der Waals surface area contributed by atoms with E-state index in [9.17, 15) is 18.0 Å². The molecule has 0 radical (unpaired) electrons. The topological polar surface area (TPSA) is 53.5 Å². The Morgan fingerprint density at radius 1 is 1.12 bits per heavy atom. The number of hydrogen-bond acceptors (Lipinski definition) is 4. The van der Waals surface area contributed by atoms with Crippen molar-refractivity contribution in [3.63, 3.8) is 0 Å². The number of amides is 1. The molecular weight excluding hydrogens is 351 g/mol. The van der Waals surface area contributed by atoms with Crippen LogP contribution in [0.15, 0.2) is 53.5 Å². The zero-order valence-electron chi connectivity index (χ0n) is 12.7. The number of aliphatic imine (C=N–C) groups is 1. The number of carbonyl (C=O) groups is 1. The molecule has 2 aliphatic heterocycles. The predicted molar refractivity (Wildman–Crippen MR) is 91.7 cm³/mol. The summed E-state index contributed by atoms with van der Waals surface area (Å²) in [4.78, 5) is 16.8. The fraction of sp³-hybridized carbons (Fsp3) is 0.176. The van der Waals surface area contributed by atoms with Gasteiger partial charge in [0.05, 0.1) is 12.1 Å². The molecule has 0 saturated carbocycles. The van der Waals surface area contributed by atoms with Crippen LogP contribution in [-0.4, -0.2) is 17.6 Å². The molecule has 128 valence electrons. The molecule has 8 heteroatoms. The fourth-order valence-electron chi connectivity index (χ4n) is 2.89. The minimum atomic E-state index is -4.37. The summed E-state index contributed by atoms with van der Waals surface area (Å²) in [5.41, 5.74) is 1.42. The van der Waals surface area contributed by atoms with Crippen molar-refractivity contribution < 1.29 is 18.0 Å². The third-order valence-corrected chi connectivity index (χ3v) is 5.46. The molecule has 2 aliphatic rings. The van der Waals surface area contributed by atoms with E-state index in [0.29, 0.717) is 10.9 Å². The van der Waals surface area contributed by atoms with E-state index in [1.54, 1.807) is 0 Å². The molecular formula is C17H12F3N3OS. The number of carbonyl (C=O) groups excluding carboxylic acids is 1. The monoisotopic (exact) mass is 363 g/mol. The van der Waals surface area contributed by atoms with Gasteiger partial charge in [-0.1, -0.05) is 30.0 Å². The van der Waals surface area contributed by atoms with Gasteiger partial charge in [0.1, 0.15) is 4.75 Å². The number of para-hydroxylation sites is 1. The molecule has 0 bridgehead atoms. The molecule has 1 atom stereocenters. The molecule has 4 nitrogen and oxygen atoms in total. The van der Waals surface area contributed by atoms with Crippen molar-refractivity contribution >= 4 is 34.2 Å². The summed E-state index contributed by atoms with van der Waals surface area (Å²) in [5, 5.41) is 6.35. The number of nitrogens with zero attached hydrogens (tertiary/aromatic N) is 1. The first kappa shape index (κ1) is 16.0. The van der Waals surface area contributed by atoms with Crippen molar-refractivity contribution in [1.29, 1.82) is 0 Å². The van der Waals surface area contributed by atoms with Crippen LogP contribution in [0, 0.1) is 0 Å². The maximum Gasteiger partial charge on any atom is 0.416 e. The van der Waals surface area contributed by atoms with Crippen LogP contribution in [0.5, 0.6) is 0 Å². The second-order valence-electron chi connectivity index (χ2n) is 5.75. The van der Waals surface area contributed by atoms with E-state index in [2.05, 4.69) is 15.6 Å². The van der Waals surface area contributed by atoms with Gasteiger partial charge >= 0.3 is 6.18 Å². The zero-order chi connectivity index (χ0) is 17.7. The van der Waals surface area contributed by atoms with Gasteiger partial charge in [-0.2, -0.15) is 13.2 Å². The van der Waals surface area contributed by atoms with Crippen LogP contribution in [0.3, 0.4) is 0 Å². The van der Waals surface area contributed by atoms with Crippen LogP contribution >= 0.6 is 11.8 Å². The predicted octanol–water partition coefficient (Wildman–Crippen LogP) is 4.07. The fourth-order valence-corrected chi connectivity index (χ4v) is 4.08. The standard InChI is InChI=1S/C17H12F3N3OS/c18-17(19,20)10-5-7-11(8-6-10)22-15-21-9-16(25-15)12-3-1-2-4-13(12)23-14(16)24/h1-8H,9H2,(H,21,22)(H,23,24)/t16-/m0/s1. The lowest BCUT2D eigenvalue weighted by molar-refractivity contribution is -0.137. The summed E-state index contributed by atoms with van der Waals surface area (Å²) in [6, 6.07) is 12.1. The average molecular weight is 363 g/mol. The molecule has 2 aromatic carbocycles. The van der Waals surface area contributed by atoms with Crippen LogP contribution < -0.4 is 10.6 Å². The third-order valence-electron chi connectivity index (χ3n) is 4.16. The highest BCUT2D eigenvalue weighted by Crippen LogP contribution is 2.49.